The Labute approximate surface area is 89.4 Å². The van der Waals surface area contributed by atoms with Crippen LogP contribution in [-0.2, 0) is 20.5 Å². The largest absolute Gasteiger partial charge is 0.280 e. The maximum atomic E-state index is 2.22. The Bertz CT molecular complexity index is 495. The van der Waals surface area contributed by atoms with E-state index < -0.39 is 0 Å². The molecule has 2 heteroatoms. The van der Waals surface area contributed by atoms with Gasteiger partial charge in [-0.05, 0) is 12.1 Å². The van der Waals surface area contributed by atoms with E-state index in [0.717, 1.165) is 6.42 Å². The Morgan fingerprint density at radius 1 is 0.867 bits per heavy atom. The van der Waals surface area contributed by atoms with E-state index in [9.17, 15) is 0 Å². The first-order valence-electron chi connectivity index (χ1n) is 5.23. The second-order valence-corrected chi connectivity index (χ2v) is 4.16. The number of aromatic nitrogens is 2. The summed E-state index contributed by atoms with van der Waals surface area (Å²) in [5, 5.41) is 0. The van der Waals surface area contributed by atoms with Crippen LogP contribution >= 0.6 is 0 Å². The lowest BCUT2D eigenvalue weighted by Gasteiger charge is -1.96. The molecule has 0 fully saturated rings. The van der Waals surface area contributed by atoms with Crippen LogP contribution in [0.2, 0.25) is 0 Å². The zero-order valence-electron chi connectivity index (χ0n) is 9.07. The van der Waals surface area contributed by atoms with Gasteiger partial charge in [0.05, 0.1) is 0 Å². The predicted octanol–water partition coefficient (Wildman–Crippen LogP) is 0.907. The maximum Gasteiger partial charge on any atom is 0.280 e. The van der Waals surface area contributed by atoms with Crippen LogP contribution in [0.25, 0.3) is 11.4 Å². The van der Waals surface area contributed by atoms with Crippen molar-refractivity contribution in [3.05, 3.63) is 47.8 Å². The van der Waals surface area contributed by atoms with Crippen molar-refractivity contribution in [3.63, 3.8) is 0 Å². The van der Waals surface area contributed by atoms with Crippen molar-refractivity contribution in [3.8, 4) is 11.4 Å². The molecule has 0 saturated heterocycles. The van der Waals surface area contributed by atoms with E-state index in [0.29, 0.717) is 0 Å². The van der Waals surface area contributed by atoms with E-state index in [1.165, 1.54) is 22.5 Å². The molecule has 2 aromatic heterocycles. The lowest BCUT2D eigenvalue weighted by atomic mass is 10.2. The van der Waals surface area contributed by atoms with Gasteiger partial charge in [-0.1, -0.05) is 0 Å². The highest BCUT2D eigenvalue weighted by Crippen LogP contribution is 2.30. The quantitative estimate of drug-likeness (QED) is 0.474. The molecule has 3 rings (SSSR count). The average Bonchev–Trinajstić information content (AvgIpc) is 2.58. The molecule has 0 atom stereocenters. The molecular formula is C13H14N2+2. The maximum absolute atomic E-state index is 2.22. The fourth-order valence-electron chi connectivity index (χ4n) is 2.47. The van der Waals surface area contributed by atoms with Crippen LogP contribution in [0.5, 0.6) is 0 Å². The van der Waals surface area contributed by atoms with E-state index in [1.807, 2.05) is 0 Å². The van der Waals surface area contributed by atoms with Gasteiger partial charge in [0.2, 0.25) is 0 Å². The number of nitrogens with zero attached hydrogens (tertiary/aromatic N) is 2. The average molecular weight is 198 g/mol. The molecule has 74 valence electrons. The molecule has 2 heterocycles. The predicted molar refractivity (Wildman–Crippen MR) is 57.0 cm³/mol. The highest BCUT2D eigenvalue weighted by molar-refractivity contribution is 5.64. The first-order chi connectivity index (χ1) is 7.27. The zero-order valence-corrected chi connectivity index (χ0v) is 9.07. The normalized spacial score (nSPS) is 12.4. The second kappa shape index (κ2) is 2.89. The van der Waals surface area contributed by atoms with Gasteiger partial charge in [-0.15, -0.1) is 0 Å². The summed E-state index contributed by atoms with van der Waals surface area (Å²) in [4.78, 5) is 0. The van der Waals surface area contributed by atoms with Gasteiger partial charge in [0.1, 0.15) is 14.1 Å². The second-order valence-electron chi connectivity index (χ2n) is 4.16. The van der Waals surface area contributed by atoms with Crippen molar-refractivity contribution >= 4 is 0 Å². The van der Waals surface area contributed by atoms with E-state index >= 15 is 0 Å². The molecule has 0 saturated carbocycles. The molecule has 15 heavy (non-hydrogen) atoms. The minimum atomic E-state index is 1.06. The molecule has 0 aromatic carbocycles. The highest BCUT2D eigenvalue weighted by atomic mass is 15.0. The third kappa shape index (κ3) is 1.11. The molecule has 2 aromatic rings. The Morgan fingerprint density at radius 2 is 1.33 bits per heavy atom. The summed E-state index contributed by atoms with van der Waals surface area (Å²) in [6.07, 6.45) is 5.29. The lowest BCUT2D eigenvalue weighted by Crippen LogP contribution is -2.37. The van der Waals surface area contributed by atoms with E-state index in [-0.39, 0.29) is 0 Å². The van der Waals surface area contributed by atoms with Gasteiger partial charge >= 0.3 is 0 Å². The van der Waals surface area contributed by atoms with Gasteiger partial charge in [-0.2, -0.15) is 9.13 Å². The summed E-state index contributed by atoms with van der Waals surface area (Å²) >= 11 is 0. The van der Waals surface area contributed by atoms with Crippen LogP contribution in [0.1, 0.15) is 11.1 Å². The summed E-state index contributed by atoms with van der Waals surface area (Å²) < 4.78 is 4.42. The fourth-order valence-corrected chi connectivity index (χ4v) is 2.47. The molecule has 1 aliphatic rings. The van der Waals surface area contributed by atoms with Gasteiger partial charge < -0.3 is 0 Å². The number of hydrogen-bond donors (Lipinski definition) is 0. The Morgan fingerprint density at radius 3 is 1.80 bits per heavy atom. The first-order valence-corrected chi connectivity index (χ1v) is 5.23. The molecular weight excluding hydrogens is 184 g/mol. The van der Waals surface area contributed by atoms with Crippen molar-refractivity contribution in [1.82, 2.24) is 0 Å². The number of hydrogen-bond acceptors (Lipinski definition) is 0. The zero-order chi connectivity index (χ0) is 10.4. The Kier molecular flexibility index (Phi) is 1.66. The van der Waals surface area contributed by atoms with E-state index in [1.54, 1.807) is 0 Å². The molecule has 1 aliphatic carbocycles. The number of fused-ring (bicyclic) bond motifs is 3. The number of pyridine rings is 2. The first kappa shape index (κ1) is 8.60. The van der Waals surface area contributed by atoms with Gasteiger partial charge in [0.15, 0.2) is 12.4 Å². The molecule has 0 amide bonds. The van der Waals surface area contributed by atoms with Gasteiger partial charge in [-0.3, -0.25) is 0 Å². The van der Waals surface area contributed by atoms with Gasteiger partial charge in [0.25, 0.3) is 11.4 Å². The van der Waals surface area contributed by atoms with E-state index in [2.05, 4.69) is 59.9 Å². The van der Waals surface area contributed by atoms with Gasteiger partial charge in [0, 0.05) is 29.7 Å². The number of rotatable bonds is 0. The van der Waals surface area contributed by atoms with Crippen molar-refractivity contribution in [2.75, 3.05) is 0 Å². The molecule has 0 spiro atoms. The Balaban J connectivity index is 2.39. The molecule has 0 radical (unpaired) electrons. The van der Waals surface area contributed by atoms with Crippen molar-refractivity contribution in [2.24, 2.45) is 14.1 Å². The lowest BCUT2D eigenvalue weighted by molar-refractivity contribution is -0.690. The van der Waals surface area contributed by atoms with Gasteiger partial charge in [-0.25, -0.2) is 0 Å². The summed E-state index contributed by atoms with van der Waals surface area (Å²) in [5.74, 6) is 0. The third-order valence-corrected chi connectivity index (χ3v) is 3.13. The smallest absolute Gasteiger partial charge is 0.196 e. The standard InChI is InChI=1S/C13H14N2/c1-14-7-3-5-10-9-11-6-4-8-15(2)13(11)12(10)14/h3-8H,9H2,1-2H3/q+2. The SMILES string of the molecule is C[n+]1cccc2c1-c1c(ccc[n+]1C)C2. The molecule has 0 bridgehead atoms. The molecule has 2 nitrogen and oxygen atoms in total. The van der Waals surface area contributed by atoms with Crippen LogP contribution in [-0.4, -0.2) is 0 Å². The van der Waals surface area contributed by atoms with E-state index in [4.69, 9.17) is 0 Å². The minimum absolute atomic E-state index is 1.06. The monoisotopic (exact) mass is 198 g/mol. The van der Waals surface area contributed by atoms with Crippen LogP contribution in [0, 0.1) is 0 Å². The van der Waals surface area contributed by atoms with Crippen LogP contribution in [0.3, 0.4) is 0 Å². The number of aryl methyl sites for hydroxylation is 2. The van der Waals surface area contributed by atoms with Crippen LogP contribution in [0.15, 0.2) is 36.7 Å². The molecule has 0 unspecified atom stereocenters. The highest BCUT2D eigenvalue weighted by Gasteiger charge is 2.33. The summed E-state index contributed by atoms with van der Waals surface area (Å²) in [5.41, 5.74) is 5.57. The molecule has 0 N–H and O–H groups in total. The Hall–Kier alpha value is -1.70. The van der Waals surface area contributed by atoms with Crippen molar-refractivity contribution < 1.29 is 9.13 Å². The fraction of sp³-hybridized carbons (Fsp3) is 0.231. The third-order valence-electron chi connectivity index (χ3n) is 3.13. The summed E-state index contributed by atoms with van der Waals surface area (Å²) in [6, 6.07) is 8.67. The van der Waals surface area contributed by atoms with Crippen LogP contribution < -0.4 is 9.13 Å². The summed E-state index contributed by atoms with van der Waals surface area (Å²) in [6.45, 7) is 0. The minimum Gasteiger partial charge on any atom is -0.196 e. The molecule has 0 aliphatic heterocycles. The summed E-state index contributed by atoms with van der Waals surface area (Å²) in [7, 11) is 4.22. The topological polar surface area (TPSA) is 7.76 Å². The van der Waals surface area contributed by atoms with Crippen molar-refractivity contribution in [2.45, 2.75) is 6.42 Å². The van der Waals surface area contributed by atoms with Crippen molar-refractivity contribution in [1.29, 1.82) is 0 Å². The van der Waals surface area contributed by atoms with Crippen LogP contribution in [0.4, 0.5) is 0 Å².